The maximum atomic E-state index is 13.8. The third-order valence-electron chi connectivity index (χ3n) is 6.29. The van der Waals surface area contributed by atoms with Crippen molar-refractivity contribution < 1.29 is 14.1 Å². The highest BCUT2D eigenvalue weighted by Crippen LogP contribution is 2.45. The molecule has 33 heavy (non-hydrogen) atoms. The van der Waals surface area contributed by atoms with Crippen molar-refractivity contribution in [1.82, 2.24) is 20.4 Å². The molecule has 5 rings (SSSR count). The number of amides is 2. The molecule has 0 bridgehead atoms. The summed E-state index contributed by atoms with van der Waals surface area (Å²) in [5.74, 6) is 0.334. The molecule has 0 unspecified atom stereocenters. The SMILES string of the molecule is Cc1cccc(-c2sc(C3CC3)nc2C(=O)N2CCCC[C@H]2CNC(=O)c2cc(C)no2)c1. The Morgan fingerprint density at radius 1 is 1.18 bits per heavy atom. The van der Waals surface area contributed by atoms with Crippen LogP contribution >= 0.6 is 11.3 Å². The van der Waals surface area contributed by atoms with Crippen LogP contribution < -0.4 is 5.32 Å². The quantitative estimate of drug-likeness (QED) is 0.570. The van der Waals surface area contributed by atoms with E-state index in [2.05, 4.69) is 35.6 Å². The lowest BCUT2D eigenvalue weighted by Gasteiger charge is -2.35. The molecule has 1 aliphatic heterocycles. The van der Waals surface area contributed by atoms with Gasteiger partial charge in [-0.15, -0.1) is 11.3 Å². The Kier molecular flexibility index (Phi) is 6.01. The Hall–Kier alpha value is -3.00. The summed E-state index contributed by atoms with van der Waals surface area (Å²) < 4.78 is 5.06. The molecule has 3 heterocycles. The summed E-state index contributed by atoms with van der Waals surface area (Å²) in [5.41, 5.74) is 3.42. The number of aryl methyl sites for hydroxylation is 2. The topological polar surface area (TPSA) is 88.3 Å². The molecule has 1 aromatic carbocycles. The Labute approximate surface area is 197 Å². The molecule has 7 nitrogen and oxygen atoms in total. The lowest BCUT2D eigenvalue weighted by atomic mass is 10.0. The van der Waals surface area contributed by atoms with Crippen LogP contribution in [-0.2, 0) is 0 Å². The predicted octanol–water partition coefficient (Wildman–Crippen LogP) is 4.72. The number of piperidine rings is 1. The number of carbonyl (C=O) groups excluding carboxylic acids is 2. The van der Waals surface area contributed by atoms with Gasteiger partial charge in [0.05, 0.1) is 15.6 Å². The fourth-order valence-corrected chi connectivity index (χ4v) is 5.58. The number of likely N-dealkylation sites (tertiary alicyclic amines) is 1. The Morgan fingerprint density at radius 2 is 2.03 bits per heavy atom. The van der Waals surface area contributed by atoms with Crippen molar-refractivity contribution in [2.24, 2.45) is 0 Å². The molecule has 2 fully saturated rings. The van der Waals surface area contributed by atoms with E-state index in [0.29, 0.717) is 30.4 Å². The van der Waals surface area contributed by atoms with Crippen LogP contribution in [-0.4, -0.2) is 46.0 Å². The Morgan fingerprint density at radius 3 is 2.76 bits per heavy atom. The Bertz CT molecular complexity index is 1180. The molecule has 0 spiro atoms. The lowest BCUT2D eigenvalue weighted by Crippen LogP contribution is -2.49. The van der Waals surface area contributed by atoms with Crippen molar-refractivity contribution in [2.45, 2.75) is 57.9 Å². The molecular weight excluding hydrogens is 436 g/mol. The lowest BCUT2D eigenvalue weighted by molar-refractivity contribution is 0.0596. The molecule has 2 amide bonds. The summed E-state index contributed by atoms with van der Waals surface area (Å²) in [5, 5.41) is 7.76. The summed E-state index contributed by atoms with van der Waals surface area (Å²) >= 11 is 1.66. The summed E-state index contributed by atoms with van der Waals surface area (Å²) in [6, 6.07) is 9.81. The maximum Gasteiger partial charge on any atom is 0.289 e. The van der Waals surface area contributed by atoms with Gasteiger partial charge in [-0.05, 0) is 51.5 Å². The molecule has 2 aliphatic rings. The molecule has 1 saturated carbocycles. The second kappa shape index (κ2) is 9.09. The van der Waals surface area contributed by atoms with E-state index in [9.17, 15) is 9.59 Å². The highest BCUT2D eigenvalue weighted by atomic mass is 32.1. The smallest absolute Gasteiger partial charge is 0.289 e. The van der Waals surface area contributed by atoms with Gasteiger partial charge in [0.2, 0.25) is 5.76 Å². The van der Waals surface area contributed by atoms with Crippen LogP contribution in [0.1, 0.15) is 75.3 Å². The van der Waals surface area contributed by atoms with E-state index in [1.807, 2.05) is 11.0 Å². The van der Waals surface area contributed by atoms with Gasteiger partial charge in [0, 0.05) is 31.1 Å². The largest absolute Gasteiger partial charge is 0.351 e. The highest BCUT2D eigenvalue weighted by molar-refractivity contribution is 7.15. The molecular formula is C25H28N4O3S. The van der Waals surface area contributed by atoms with Crippen LogP contribution in [0, 0.1) is 13.8 Å². The number of carbonyl (C=O) groups is 2. The van der Waals surface area contributed by atoms with E-state index in [1.165, 1.54) is 0 Å². The Balaban J connectivity index is 1.38. The first kappa shape index (κ1) is 21.8. The van der Waals surface area contributed by atoms with Crippen LogP contribution in [0.25, 0.3) is 10.4 Å². The number of benzene rings is 1. The van der Waals surface area contributed by atoms with Crippen molar-refractivity contribution in [3.63, 3.8) is 0 Å². The number of nitrogens with zero attached hydrogens (tertiary/aromatic N) is 3. The average molecular weight is 465 g/mol. The molecule has 0 radical (unpaired) electrons. The van der Waals surface area contributed by atoms with Crippen LogP contribution in [0.4, 0.5) is 0 Å². The van der Waals surface area contributed by atoms with Gasteiger partial charge in [0.25, 0.3) is 11.8 Å². The molecule has 2 aromatic heterocycles. The van der Waals surface area contributed by atoms with E-state index in [1.54, 1.807) is 24.3 Å². The number of aromatic nitrogens is 2. The normalized spacial score (nSPS) is 18.4. The number of hydrogen-bond acceptors (Lipinski definition) is 6. The van der Waals surface area contributed by atoms with Gasteiger partial charge in [-0.3, -0.25) is 9.59 Å². The minimum atomic E-state index is -0.307. The number of rotatable bonds is 6. The minimum absolute atomic E-state index is 0.0379. The van der Waals surface area contributed by atoms with Crippen LogP contribution in [0.5, 0.6) is 0 Å². The number of nitrogens with one attached hydrogen (secondary N) is 1. The fourth-order valence-electron chi connectivity index (χ4n) is 4.35. The summed E-state index contributed by atoms with van der Waals surface area (Å²) in [7, 11) is 0. The third kappa shape index (κ3) is 4.71. The van der Waals surface area contributed by atoms with Gasteiger partial charge < -0.3 is 14.7 Å². The van der Waals surface area contributed by atoms with Crippen LogP contribution in [0.15, 0.2) is 34.9 Å². The van der Waals surface area contributed by atoms with Gasteiger partial charge in [-0.25, -0.2) is 4.98 Å². The van der Waals surface area contributed by atoms with E-state index < -0.39 is 0 Å². The van der Waals surface area contributed by atoms with Gasteiger partial charge in [-0.1, -0.05) is 35.0 Å². The van der Waals surface area contributed by atoms with Gasteiger partial charge in [0.15, 0.2) is 0 Å². The molecule has 1 aliphatic carbocycles. The van der Waals surface area contributed by atoms with Gasteiger partial charge >= 0.3 is 0 Å². The predicted molar refractivity (Wildman–Crippen MR) is 127 cm³/mol. The van der Waals surface area contributed by atoms with E-state index in [4.69, 9.17) is 9.51 Å². The van der Waals surface area contributed by atoms with Crippen molar-refractivity contribution >= 4 is 23.2 Å². The standard InChI is InChI=1S/C25H28N4O3S/c1-15-6-5-7-18(12-15)22-21(27-24(33-22)17-9-10-17)25(31)29-11-4-3-8-19(29)14-26-23(30)20-13-16(2)28-32-20/h5-7,12-13,17,19H,3-4,8-11,14H2,1-2H3,(H,26,30)/t19-/m0/s1. The van der Waals surface area contributed by atoms with Crippen molar-refractivity contribution in [1.29, 1.82) is 0 Å². The monoisotopic (exact) mass is 464 g/mol. The zero-order chi connectivity index (χ0) is 22.9. The highest BCUT2D eigenvalue weighted by Gasteiger charge is 2.34. The third-order valence-corrected chi connectivity index (χ3v) is 7.56. The van der Waals surface area contributed by atoms with E-state index in [0.717, 1.165) is 53.1 Å². The first-order valence-corrected chi connectivity index (χ1v) is 12.4. The zero-order valence-electron chi connectivity index (χ0n) is 19.0. The first-order chi connectivity index (χ1) is 16.0. The number of hydrogen-bond donors (Lipinski definition) is 1. The average Bonchev–Trinajstić information content (AvgIpc) is 3.42. The molecule has 1 atom stereocenters. The zero-order valence-corrected chi connectivity index (χ0v) is 19.8. The maximum absolute atomic E-state index is 13.8. The molecule has 172 valence electrons. The molecule has 1 N–H and O–H groups in total. The summed E-state index contributed by atoms with van der Waals surface area (Å²) in [6.07, 6.45) is 5.13. The second-order valence-corrected chi connectivity index (χ2v) is 10.1. The number of thiazole rings is 1. The van der Waals surface area contributed by atoms with E-state index >= 15 is 0 Å². The van der Waals surface area contributed by atoms with Crippen molar-refractivity contribution in [2.75, 3.05) is 13.1 Å². The first-order valence-electron chi connectivity index (χ1n) is 11.6. The van der Waals surface area contributed by atoms with Crippen molar-refractivity contribution in [3.8, 4) is 10.4 Å². The van der Waals surface area contributed by atoms with Crippen molar-refractivity contribution in [3.05, 3.63) is 58.1 Å². The summed E-state index contributed by atoms with van der Waals surface area (Å²) in [4.78, 5) is 33.9. The summed E-state index contributed by atoms with van der Waals surface area (Å²) in [6.45, 7) is 4.89. The van der Waals surface area contributed by atoms with Gasteiger partial charge in [0.1, 0.15) is 5.69 Å². The van der Waals surface area contributed by atoms with Crippen LogP contribution in [0.2, 0.25) is 0 Å². The molecule has 3 aromatic rings. The van der Waals surface area contributed by atoms with Crippen LogP contribution in [0.3, 0.4) is 0 Å². The second-order valence-electron chi connectivity index (χ2n) is 9.06. The van der Waals surface area contributed by atoms with E-state index in [-0.39, 0.29) is 23.6 Å². The molecule has 8 heteroatoms. The van der Waals surface area contributed by atoms with Gasteiger partial charge in [-0.2, -0.15) is 0 Å². The molecule has 1 saturated heterocycles. The minimum Gasteiger partial charge on any atom is -0.351 e. The fraction of sp³-hybridized carbons (Fsp3) is 0.440.